The van der Waals surface area contributed by atoms with Gasteiger partial charge >= 0.3 is 0 Å². The Morgan fingerprint density at radius 1 is 0.857 bits per heavy atom. The van der Waals surface area contributed by atoms with E-state index in [-0.39, 0.29) is 0 Å². The number of allylic oxidation sites excluding steroid dienone is 5. The summed E-state index contributed by atoms with van der Waals surface area (Å²) < 4.78 is 0. The largest absolute Gasteiger partial charge is 0.0984 e. The number of hydrogen-bond donors (Lipinski definition) is 0. The molecule has 0 saturated carbocycles. The highest BCUT2D eigenvalue weighted by atomic mass is 14.0. The second-order valence-corrected chi connectivity index (χ2v) is 2.85. The average molecular weight is 182 g/mol. The summed E-state index contributed by atoms with van der Waals surface area (Å²) in [6, 6.07) is 10.1. The first kappa shape index (κ1) is 10.3. The van der Waals surface area contributed by atoms with Gasteiger partial charge in [0.15, 0.2) is 0 Å². The van der Waals surface area contributed by atoms with Crippen LogP contribution in [0.1, 0.15) is 5.56 Å². The molecule has 1 rings (SSSR count). The summed E-state index contributed by atoms with van der Waals surface area (Å²) in [5.41, 5.74) is 3.21. The van der Waals surface area contributed by atoms with Gasteiger partial charge in [0.25, 0.3) is 0 Å². The van der Waals surface area contributed by atoms with Crippen LogP contribution in [-0.2, 0) is 0 Å². The molecule has 0 nitrogen and oxygen atoms in total. The third kappa shape index (κ3) is 2.11. The molecule has 1 aromatic rings. The molecule has 0 amide bonds. The van der Waals surface area contributed by atoms with Gasteiger partial charge in [-0.25, -0.2) is 0 Å². The number of benzene rings is 1. The molecule has 0 N–H and O–H groups in total. The van der Waals surface area contributed by atoms with Gasteiger partial charge in [-0.3, -0.25) is 0 Å². The van der Waals surface area contributed by atoms with Crippen LogP contribution in [0.5, 0.6) is 0 Å². The minimum atomic E-state index is 1.01. The molecule has 1 aromatic carbocycles. The normalized spacial score (nSPS) is 8.86. The fourth-order valence-corrected chi connectivity index (χ4v) is 1.32. The summed E-state index contributed by atoms with van der Waals surface area (Å²) in [5.74, 6) is 0. The van der Waals surface area contributed by atoms with Crippen LogP contribution in [-0.4, -0.2) is 0 Å². The zero-order valence-corrected chi connectivity index (χ0v) is 8.24. The summed E-state index contributed by atoms with van der Waals surface area (Å²) >= 11 is 0. The maximum Gasteiger partial charge on any atom is -0.0118 e. The lowest BCUT2D eigenvalue weighted by Gasteiger charge is -2.05. The predicted molar refractivity (Wildman–Crippen MR) is 64.0 cm³/mol. The SMILES string of the molecule is C=CC(C=C)=C(C=C)c1ccccc1. The molecule has 0 saturated heterocycles. The Labute approximate surface area is 85.6 Å². The second kappa shape index (κ2) is 5.03. The minimum absolute atomic E-state index is 1.01. The molecule has 70 valence electrons. The van der Waals surface area contributed by atoms with Gasteiger partial charge < -0.3 is 0 Å². The average Bonchev–Trinajstić information content (AvgIpc) is 2.27. The van der Waals surface area contributed by atoms with Gasteiger partial charge in [-0.1, -0.05) is 68.3 Å². The Balaban J connectivity index is 3.29. The van der Waals surface area contributed by atoms with Crippen molar-refractivity contribution in [1.29, 1.82) is 0 Å². The van der Waals surface area contributed by atoms with Crippen LogP contribution in [0, 0.1) is 0 Å². The van der Waals surface area contributed by atoms with Gasteiger partial charge in [-0.05, 0) is 16.7 Å². The van der Waals surface area contributed by atoms with Crippen LogP contribution in [0.3, 0.4) is 0 Å². The third-order valence-electron chi connectivity index (χ3n) is 2.04. The second-order valence-electron chi connectivity index (χ2n) is 2.85. The first-order valence-electron chi connectivity index (χ1n) is 4.50. The first-order chi connectivity index (χ1) is 6.83. The summed E-state index contributed by atoms with van der Waals surface area (Å²) in [4.78, 5) is 0. The third-order valence-corrected chi connectivity index (χ3v) is 2.04. The summed E-state index contributed by atoms with van der Waals surface area (Å²) in [7, 11) is 0. The lowest BCUT2D eigenvalue weighted by Crippen LogP contribution is -1.83. The zero-order valence-electron chi connectivity index (χ0n) is 8.24. The van der Waals surface area contributed by atoms with Gasteiger partial charge in [0.05, 0.1) is 0 Å². The van der Waals surface area contributed by atoms with Crippen molar-refractivity contribution >= 4 is 5.57 Å². The Kier molecular flexibility index (Phi) is 3.69. The smallest absolute Gasteiger partial charge is 0.0118 e. The van der Waals surface area contributed by atoms with Gasteiger partial charge in [0.1, 0.15) is 0 Å². The van der Waals surface area contributed by atoms with Crippen molar-refractivity contribution in [2.24, 2.45) is 0 Å². The van der Waals surface area contributed by atoms with Crippen molar-refractivity contribution in [3.63, 3.8) is 0 Å². The molecule has 0 aliphatic rings. The maximum absolute atomic E-state index is 3.80. The van der Waals surface area contributed by atoms with Crippen LogP contribution < -0.4 is 0 Å². The van der Waals surface area contributed by atoms with Crippen LogP contribution in [0.2, 0.25) is 0 Å². The molecule has 0 heterocycles. The Morgan fingerprint density at radius 2 is 1.43 bits per heavy atom. The van der Waals surface area contributed by atoms with E-state index in [1.165, 1.54) is 0 Å². The molecule has 0 aliphatic heterocycles. The molecule has 0 bridgehead atoms. The molecule has 0 radical (unpaired) electrons. The van der Waals surface area contributed by atoms with Crippen molar-refractivity contribution in [2.75, 3.05) is 0 Å². The summed E-state index contributed by atoms with van der Waals surface area (Å²) in [6.07, 6.45) is 5.40. The highest BCUT2D eigenvalue weighted by molar-refractivity contribution is 5.79. The molecule has 0 fully saturated rings. The molecule has 14 heavy (non-hydrogen) atoms. The lowest BCUT2D eigenvalue weighted by molar-refractivity contribution is 1.59. The van der Waals surface area contributed by atoms with Crippen molar-refractivity contribution < 1.29 is 0 Å². The van der Waals surface area contributed by atoms with E-state index in [9.17, 15) is 0 Å². The molecular formula is C14H14. The Hall–Kier alpha value is -1.82. The summed E-state index contributed by atoms with van der Waals surface area (Å²) in [5, 5.41) is 0. The van der Waals surface area contributed by atoms with Crippen LogP contribution >= 0.6 is 0 Å². The van der Waals surface area contributed by atoms with E-state index in [4.69, 9.17) is 0 Å². The van der Waals surface area contributed by atoms with E-state index in [1.54, 1.807) is 12.2 Å². The quantitative estimate of drug-likeness (QED) is 0.617. The van der Waals surface area contributed by atoms with Crippen molar-refractivity contribution in [3.05, 3.63) is 79.4 Å². The Morgan fingerprint density at radius 3 is 1.86 bits per heavy atom. The standard InChI is InChI=1S/C14H14/c1-4-12(5-2)14(6-3)13-10-8-7-9-11-13/h4-11H,1-3H2. The van der Waals surface area contributed by atoms with E-state index in [2.05, 4.69) is 19.7 Å². The molecule has 0 aliphatic carbocycles. The van der Waals surface area contributed by atoms with E-state index >= 15 is 0 Å². The van der Waals surface area contributed by atoms with Gasteiger partial charge in [0, 0.05) is 0 Å². The predicted octanol–water partition coefficient (Wildman–Crippen LogP) is 4.00. The van der Waals surface area contributed by atoms with E-state index in [1.807, 2.05) is 36.4 Å². The fraction of sp³-hybridized carbons (Fsp3) is 0. The molecule has 0 unspecified atom stereocenters. The van der Waals surface area contributed by atoms with Crippen molar-refractivity contribution in [3.8, 4) is 0 Å². The van der Waals surface area contributed by atoms with E-state index in [0.717, 1.165) is 16.7 Å². The highest BCUT2D eigenvalue weighted by Gasteiger charge is 1.99. The maximum atomic E-state index is 3.80. The first-order valence-corrected chi connectivity index (χ1v) is 4.50. The van der Waals surface area contributed by atoms with E-state index in [0.29, 0.717) is 0 Å². The molecule has 0 aromatic heterocycles. The van der Waals surface area contributed by atoms with E-state index < -0.39 is 0 Å². The number of rotatable bonds is 4. The van der Waals surface area contributed by atoms with Gasteiger partial charge in [-0.2, -0.15) is 0 Å². The monoisotopic (exact) mass is 182 g/mol. The summed E-state index contributed by atoms with van der Waals surface area (Å²) in [6.45, 7) is 11.3. The fourth-order valence-electron chi connectivity index (χ4n) is 1.32. The van der Waals surface area contributed by atoms with Crippen molar-refractivity contribution in [1.82, 2.24) is 0 Å². The van der Waals surface area contributed by atoms with Gasteiger partial charge in [-0.15, -0.1) is 0 Å². The number of hydrogen-bond acceptors (Lipinski definition) is 0. The molecule has 0 atom stereocenters. The molecule has 0 heteroatoms. The highest BCUT2D eigenvalue weighted by Crippen LogP contribution is 2.20. The Bertz CT molecular complexity index is 356. The van der Waals surface area contributed by atoms with Crippen molar-refractivity contribution in [2.45, 2.75) is 0 Å². The molecule has 0 spiro atoms. The van der Waals surface area contributed by atoms with Gasteiger partial charge in [0.2, 0.25) is 0 Å². The van der Waals surface area contributed by atoms with Crippen LogP contribution in [0.15, 0.2) is 73.9 Å². The lowest BCUT2D eigenvalue weighted by atomic mass is 10.00. The topological polar surface area (TPSA) is 0 Å². The van der Waals surface area contributed by atoms with Crippen LogP contribution in [0.4, 0.5) is 0 Å². The minimum Gasteiger partial charge on any atom is -0.0984 e. The van der Waals surface area contributed by atoms with Crippen LogP contribution in [0.25, 0.3) is 5.57 Å². The molecular weight excluding hydrogens is 168 g/mol. The zero-order chi connectivity index (χ0) is 10.4.